The average molecular weight is 351 g/mol. The lowest BCUT2D eigenvalue weighted by molar-refractivity contribution is 0.592. The third-order valence-corrected chi connectivity index (χ3v) is 6.59. The second kappa shape index (κ2) is 5.31. The minimum absolute atomic E-state index is 0.0570. The number of rotatable bonds is 3. The van der Waals surface area contributed by atoms with Gasteiger partial charge in [-0.2, -0.15) is 5.26 Å². The number of benzene rings is 2. The Bertz CT molecular complexity index is 891. The molecule has 0 radical (unpaired) electrons. The molecular weight excluding hydrogens is 339 g/mol. The molecule has 23 heavy (non-hydrogen) atoms. The summed E-state index contributed by atoms with van der Waals surface area (Å²) in [6.45, 7) is 0. The number of hydrogen-bond acceptors (Lipinski definition) is 4. The van der Waals surface area contributed by atoms with Crippen LogP contribution in [0.15, 0.2) is 53.4 Å². The van der Waals surface area contributed by atoms with Crippen molar-refractivity contribution in [3.8, 4) is 6.07 Å². The van der Waals surface area contributed by atoms with E-state index in [9.17, 15) is 18.1 Å². The molecule has 0 aromatic heterocycles. The van der Waals surface area contributed by atoms with Crippen LogP contribution in [0, 0.1) is 17.1 Å². The highest BCUT2D eigenvalue weighted by Crippen LogP contribution is 2.55. The Balaban J connectivity index is 2.03. The van der Waals surface area contributed by atoms with Crippen molar-refractivity contribution in [3.63, 3.8) is 0 Å². The summed E-state index contributed by atoms with van der Waals surface area (Å²) in [5.41, 5.74) is 4.99. The van der Waals surface area contributed by atoms with E-state index in [2.05, 4.69) is 0 Å². The Morgan fingerprint density at radius 1 is 1.13 bits per heavy atom. The minimum Gasteiger partial charge on any atom is -0.312 e. The minimum atomic E-state index is -3.81. The summed E-state index contributed by atoms with van der Waals surface area (Å²) in [5, 5.41) is 8.68. The highest BCUT2D eigenvalue weighted by Gasteiger charge is 2.70. The van der Waals surface area contributed by atoms with Crippen LogP contribution in [0.4, 0.5) is 4.39 Å². The van der Waals surface area contributed by atoms with E-state index in [1.165, 1.54) is 48.5 Å². The summed E-state index contributed by atoms with van der Waals surface area (Å²) in [6, 6.07) is 12.9. The SMILES string of the molecule is N#C[C@@]1(N)[C@H](S(=O)(=O)c2ccc(Cl)cc2)[C@@H]1c1ccc(F)cc1. The van der Waals surface area contributed by atoms with E-state index in [1.807, 2.05) is 6.07 Å². The van der Waals surface area contributed by atoms with Gasteiger partial charge in [0.05, 0.1) is 11.0 Å². The van der Waals surface area contributed by atoms with E-state index in [0.29, 0.717) is 10.6 Å². The fourth-order valence-electron chi connectivity index (χ4n) is 2.83. The van der Waals surface area contributed by atoms with Gasteiger partial charge >= 0.3 is 0 Å². The lowest BCUT2D eigenvalue weighted by Crippen LogP contribution is -2.29. The number of nitrogens with two attached hydrogens (primary N) is 1. The van der Waals surface area contributed by atoms with Gasteiger partial charge in [-0.15, -0.1) is 0 Å². The van der Waals surface area contributed by atoms with Crippen LogP contribution in [-0.4, -0.2) is 19.2 Å². The van der Waals surface area contributed by atoms with Crippen molar-refractivity contribution in [2.24, 2.45) is 5.73 Å². The average Bonchev–Trinajstić information content (AvgIpc) is 3.16. The van der Waals surface area contributed by atoms with Crippen LogP contribution in [0.5, 0.6) is 0 Å². The summed E-state index contributed by atoms with van der Waals surface area (Å²) in [7, 11) is -3.81. The van der Waals surface area contributed by atoms with Crippen LogP contribution in [0.25, 0.3) is 0 Å². The second-order valence-corrected chi connectivity index (χ2v) is 8.00. The van der Waals surface area contributed by atoms with Crippen LogP contribution < -0.4 is 5.73 Å². The van der Waals surface area contributed by atoms with Gasteiger partial charge < -0.3 is 5.73 Å². The van der Waals surface area contributed by atoms with E-state index in [-0.39, 0.29) is 4.90 Å². The predicted molar refractivity (Wildman–Crippen MR) is 84.1 cm³/mol. The summed E-state index contributed by atoms with van der Waals surface area (Å²) in [5.74, 6) is -1.14. The molecule has 0 bridgehead atoms. The van der Waals surface area contributed by atoms with Gasteiger partial charge in [0.25, 0.3) is 0 Å². The lowest BCUT2D eigenvalue weighted by atomic mass is 10.1. The van der Waals surface area contributed by atoms with Gasteiger partial charge in [0.2, 0.25) is 0 Å². The third kappa shape index (κ3) is 2.51. The van der Waals surface area contributed by atoms with Crippen LogP contribution >= 0.6 is 11.6 Å². The summed E-state index contributed by atoms with van der Waals surface area (Å²) in [6.07, 6.45) is 0. The summed E-state index contributed by atoms with van der Waals surface area (Å²) in [4.78, 5) is 0.0570. The van der Waals surface area contributed by atoms with Crippen molar-refractivity contribution in [2.45, 2.75) is 21.6 Å². The Kier molecular flexibility index (Phi) is 3.68. The first kappa shape index (κ1) is 15.9. The Morgan fingerprint density at radius 2 is 1.70 bits per heavy atom. The molecule has 2 N–H and O–H groups in total. The first-order chi connectivity index (χ1) is 10.8. The highest BCUT2D eigenvalue weighted by molar-refractivity contribution is 7.92. The van der Waals surface area contributed by atoms with Gasteiger partial charge in [-0.05, 0) is 42.0 Å². The first-order valence-electron chi connectivity index (χ1n) is 6.76. The molecule has 2 aromatic rings. The molecule has 3 atom stereocenters. The zero-order chi connectivity index (χ0) is 16.8. The van der Waals surface area contributed by atoms with Gasteiger partial charge in [0, 0.05) is 10.9 Å². The third-order valence-electron chi connectivity index (χ3n) is 4.08. The molecule has 0 heterocycles. The molecule has 7 heteroatoms. The van der Waals surface area contributed by atoms with Crippen LogP contribution in [-0.2, 0) is 9.84 Å². The van der Waals surface area contributed by atoms with Crippen molar-refractivity contribution < 1.29 is 12.8 Å². The van der Waals surface area contributed by atoms with Crippen molar-refractivity contribution in [1.82, 2.24) is 0 Å². The fourth-order valence-corrected chi connectivity index (χ4v) is 5.14. The van der Waals surface area contributed by atoms with Crippen molar-refractivity contribution >= 4 is 21.4 Å². The Morgan fingerprint density at radius 3 is 2.22 bits per heavy atom. The predicted octanol–water partition coefficient (Wildman–Crippen LogP) is 2.64. The molecule has 0 saturated heterocycles. The molecule has 2 aromatic carbocycles. The van der Waals surface area contributed by atoms with Crippen LogP contribution in [0.1, 0.15) is 11.5 Å². The number of sulfone groups is 1. The summed E-state index contributed by atoms with van der Waals surface area (Å²) < 4.78 is 38.6. The molecular formula is C16H12ClFN2O2S. The second-order valence-electron chi connectivity index (χ2n) is 5.49. The smallest absolute Gasteiger partial charge is 0.184 e. The molecule has 0 aliphatic heterocycles. The Hall–Kier alpha value is -1.94. The Labute approximate surface area is 138 Å². The highest BCUT2D eigenvalue weighted by atomic mass is 35.5. The molecule has 1 fully saturated rings. The maximum atomic E-state index is 13.1. The van der Waals surface area contributed by atoms with Crippen LogP contribution in [0.3, 0.4) is 0 Å². The molecule has 1 aliphatic carbocycles. The van der Waals surface area contributed by atoms with Gasteiger partial charge in [-0.25, -0.2) is 12.8 Å². The standard InChI is InChI=1S/C16H12ClFN2O2S/c17-11-3-7-13(8-4-11)23(21,22)15-14(16(15,20)9-19)10-1-5-12(18)6-2-10/h1-8,14-15H,20H2/t14-,15+,16-/m0/s1. The summed E-state index contributed by atoms with van der Waals surface area (Å²) >= 11 is 5.77. The van der Waals surface area contributed by atoms with E-state index in [1.54, 1.807) is 0 Å². The molecule has 3 rings (SSSR count). The van der Waals surface area contributed by atoms with Gasteiger partial charge in [0.1, 0.15) is 16.6 Å². The van der Waals surface area contributed by atoms with Crippen molar-refractivity contribution in [3.05, 3.63) is 64.9 Å². The van der Waals surface area contributed by atoms with Gasteiger partial charge in [-0.3, -0.25) is 0 Å². The van der Waals surface area contributed by atoms with Crippen molar-refractivity contribution in [2.75, 3.05) is 0 Å². The number of halogens is 2. The monoisotopic (exact) mass is 350 g/mol. The first-order valence-corrected chi connectivity index (χ1v) is 8.68. The van der Waals surface area contributed by atoms with Crippen LogP contribution in [0.2, 0.25) is 5.02 Å². The number of hydrogen-bond donors (Lipinski definition) is 1. The largest absolute Gasteiger partial charge is 0.312 e. The normalized spacial score (nSPS) is 26.5. The topological polar surface area (TPSA) is 83.9 Å². The molecule has 0 amide bonds. The fraction of sp³-hybridized carbons (Fsp3) is 0.188. The number of nitriles is 1. The molecule has 118 valence electrons. The van der Waals surface area contributed by atoms with Gasteiger partial charge in [-0.1, -0.05) is 23.7 Å². The zero-order valence-electron chi connectivity index (χ0n) is 11.8. The molecule has 1 saturated carbocycles. The van der Waals surface area contributed by atoms with Crippen molar-refractivity contribution in [1.29, 1.82) is 5.26 Å². The lowest BCUT2D eigenvalue weighted by Gasteiger charge is -2.04. The van der Waals surface area contributed by atoms with Gasteiger partial charge in [0.15, 0.2) is 9.84 Å². The quantitative estimate of drug-likeness (QED) is 0.922. The molecule has 1 aliphatic rings. The molecule has 0 spiro atoms. The molecule has 4 nitrogen and oxygen atoms in total. The zero-order valence-corrected chi connectivity index (χ0v) is 13.4. The van der Waals surface area contributed by atoms with E-state index >= 15 is 0 Å². The maximum Gasteiger partial charge on any atom is 0.184 e. The van der Waals surface area contributed by atoms with E-state index < -0.39 is 32.4 Å². The molecule has 0 unspecified atom stereocenters. The maximum absolute atomic E-state index is 13.1. The number of nitrogens with zero attached hydrogens (tertiary/aromatic N) is 1. The van der Waals surface area contributed by atoms with E-state index in [4.69, 9.17) is 17.3 Å². The van der Waals surface area contributed by atoms with E-state index in [0.717, 1.165) is 0 Å².